The van der Waals surface area contributed by atoms with Gasteiger partial charge in [-0.2, -0.15) is 5.10 Å². The summed E-state index contributed by atoms with van der Waals surface area (Å²) in [7, 11) is 0. The van der Waals surface area contributed by atoms with Crippen LogP contribution >= 0.6 is 0 Å². The number of hydrogen-bond donors (Lipinski definition) is 4. The summed E-state index contributed by atoms with van der Waals surface area (Å²) >= 11 is 0. The first-order valence-electron chi connectivity index (χ1n) is 5.79. The highest BCUT2D eigenvalue weighted by atomic mass is 16.3. The van der Waals surface area contributed by atoms with E-state index in [1.807, 2.05) is 20.8 Å². The van der Waals surface area contributed by atoms with E-state index < -0.39 is 0 Å². The SMILES string of the molecule is Cc1n[nH]c(C)c1NC(C)c1cc(O)ccc1O. The number of rotatable bonds is 3. The largest absolute Gasteiger partial charge is 0.508 e. The van der Waals surface area contributed by atoms with Gasteiger partial charge in [-0.05, 0) is 39.0 Å². The first kappa shape index (κ1) is 12.3. The van der Waals surface area contributed by atoms with Crippen molar-refractivity contribution >= 4 is 5.69 Å². The van der Waals surface area contributed by atoms with Gasteiger partial charge in [0.1, 0.15) is 11.5 Å². The summed E-state index contributed by atoms with van der Waals surface area (Å²) in [6.45, 7) is 5.75. The van der Waals surface area contributed by atoms with E-state index in [0.29, 0.717) is 5.56 Å². The lowest BCUT2D eigenvalue weighted by atomic mass is 10.1. The molecule has 0 bridgehead atoms. The van der Waals surface area contributed by atoms with Crippen molar-refractivity contribution in [1.29, 1.82) is 0 Å². The molecule has 96 valence electrons. The van der Waals surface area contributed by atoms with Crippen molar-refractivity contribution in [2.24, 2.45) is 0 Å². The molecule has 5 nitrogen and oxygen atoms in total. The Morgan fingerprint density at radius 3 is 2.61 bits per heavy atom. The highest BCUT2D eigenvalue weighted by Gasteiger charge is 2.14. The second-order valence-electron chi connectivity index (χ2n) is 4.42. The maximum absolute atomic E-state index is 9.80. The number of aromatic amines is 1. The van der Waals surface area contributed by atoms with Gasteiger partial charge in [-0.15, -0.1) is 0 Å². The summed E-state index contributed by atoms with van der Waals surface area (Å²) in [5.74, 6) is 0.295. The molecule has 0 saturated carbocycles. The summed E-state index contributed by atoms with van der Waals surface area (Å²) in [6.07, 6.45) is 0. The lowest BCUT2D eigenvalue weighted by molar-refractivity contribution is 0.451. The van der Waals surface area contributed by atoms with Crippen LogP contribution in [0.2, 0.25) is 0 Å². The van der Waals surface area contributed by atoms with Gasteiger partial charge in [0.2, 0.25) is 0 Å². The number of H-pyrrole nitrogens is 1. The zero-order valence-electron chi connectivity index (χ0n) is 10.7. The summed E-state index contributed by atoms with van der Waals surface area (Å²) in [6, 6.07) is 4.36. The normalized spacial score (nSPS) is 12.4. The van der Waals surface area contributed by atoms with Crippen LogP contribution in [0.25, 0.3) is 0 Å². The number of aryl methyl sites for hydroxylation is 2. The van der Waals surface area contributed by atoms with E-state index in [9.17, 15) is 10.2 Å². The van der Waals surface area contributed by atoms with Crippen molar-refractivity contribution in [2.45, 2.75) is 26.8 Å². The predicted molar refractivity (Wildman–Crippen MR) is 69.9 cm³/mol. The molecule has 5 heteroatoms. The summed E-state index contributed by atoms with van der Waals surface area (Å²) in [5, 5.41) is 29.5. The van der Waals surface area contributed by atoms with Gasteiger partial charge in [0.15, 0.2) is 0 Å². The molecule has 1 unspecified atom stereocenters. The van der Waals surface area contributed by atoms with Crippen molar-refractivity contribution in [3.05, 3.63) is 35.2 Å². The zero-order valence-corrected chi connectivity index (χ0v) is 10.7. The Hall–Kier alpha value is -2.17. The predicted octanol–water partition coefficient (Wildman–Crippen LogP) is 2.61. The third kappa shape index (κ3) is 2.25. The third-order valence-electron chi connectivity index (χ3n) is 2.97. The van der Waals surface area contributed by atoms with Crippen LogP contribution < -0.4 is 5.32 Å². The maximum Gasteiger partial charge on any atom is 0.121 e. The smallest absolute Gasteiger partial charge is 0.121 e. The number of aromatic hydroxyl groups is 2. The van der Waals surface area contributed by atoms with Crippen LogP contribution in [-0.2, 0) is 0 Å². The number of nitrogens with zero attached hydrogens (tertiary/aromatic N) is 1. The van der Waals surface area contributed by atoms with E-state index in [-0.39, 0.29) is 17.5 Å². The van der Waals surface area contributed by atoms with Crippen molar-refractivity contribution in [3.8, 4) is 11.5 Å². The molecule has 1 heterocycles. The van der Waals surface area contributed by atoms with Crippen LogP contribution in [0.3, 0.4) is 0 Å². The van der Waals surface area contributed by atoms with E-state index in [2.05, 4.69) is 15.5 Å². The third-order valence-corrected chi connectivity index (χ3v) is 2.97. The molecule has 1 aromatic heterocycles. The van der Waals surface area contributed by atoms with E-state index >= 15 is 0 Å². The molecule has 0 amide bonds. The minimum Gasteiger partial charge on any atom is -0.508 e. The molecule has 18 heavy (non-hydrogen) atoms. The highest BCUT2D eigenvalue weighted by molar-refractivity contribution is 5.54. The Morgan fingerprint density at radius 2 is 2.00 bits per heavy atom. The Labute approximate surface area is 105 Å². The highest BCUT2D eigenvalue weighted by Crippen LogP contribution is 2.31. The average Bonchev–Trinajstić information content (AvgIpc) is 2.64. The van der Waals surface area contributed by atoms with Crippen molar-refractivity contribution < 1.29 is 10.2 Å². The van der Waals surface area contributed by atoms with Gasteiger partial charge in [0.25, 0.3) is 0 Å². The molecule has 0 radical (unpaired) electrons. The van der Waals surface area contributed by atoms with Crippen molar-refractivity contribution in [3.63, 3.8) is 0 Å². The number of benzene rings is 1. The first-order chi connectivity index (χ1) is 8.49. The summed E-state index contributed by atoms with van der Waals surface area (Å²) < 4.78 is 0. The number of nitrogens with one attached hydrogen (secondary N) is 2. The lowest BCUT2D eigenvalue weighted by Crippen LogP contribution is -2.08. The molecule has 1 aromatic carbocycles. The Kier molecular flexibility index (Phi) is 3.14. The Morgan fingerprint density at radius 1 is 1.28 bits per heavy atom. The molecular weight excluding hydrogens is 230 g/mol. The maximum atomic E-state index is 9.80. The van der Waals surface area contributed by atoms with Crippen LogP contribution in [0.15, 0.2) is 18.2 Å². The van der Waals surface area contributed by atoms with Gasteiger partial charge in [0.05, 0.1) is 23.1 Å². The fourth-order valence-electron chi connectivity index (χ4n) is 1.95. The molecule has 2 aromatic rings. The van der Waals surface area contributed by atoms with Gasteiger partial charge in [-0.3, -0.25) is 5.10 Å². The lowest BCUT2D eigenvalue weighted by Gasteiger charge is -2.17. The number of aromatic nitrogens is 2. The number of hydrogen-bond acceptors (Lipinski definition) is 4. The molecule has 2 rings (SSSR count). The van der Waals surface area contributed by atoms with Crippen LogP contribution in [0.4, 0.5) is 5.69 Å². The van der Waals surface area contributed by atoms with E-state index in [1.165, 1.54) is 12.1 Å². The molecular formula is C13H17N3O2. The minimum absolute atomic E-state index is 0.132. The monoisotopic (exact) mass is 247 g/mol. The van der Waals surface area contributed by atoms with Crippen molar-refractivity contribution in [1.82, 2.24) is 10.2 Å². The molecule has 4 N–H and O–H groups in total. The average molecular weight is 247 g/mol. The van der Waals surface area contributed by atoms with Gasteiger partial charge in [0, 0.05) is 5.56 Å². The molecule has 0 saturated heterocycles. The second-order valence-corrected chi connectivity index (χ2v) is 4.42. The van der Waals surface area contributed by atoms with Gasteiger partial charge in [-0.25, -0.2) is 0 Å². The quantitative estimate of drug-likeness (QED) is 0.628. The minimum atomic E-state index is -0.132. The van der Waals surface area contributed by atoms with Gasteiger partial charge >= 0.3 is 0 Å². The number of phenols is 2. The second kappa shape index (κ2) is 4.60. The fourth-order valence-corrected chi connectivity index (χ4v) is 1.95. The van der Waals surface area contributed by atoms with Crippen LogP contribution in [0.5, 0.6) is 11.5 Å². The Bertz CT molecular complexity index is 544. The molecule has 0 spiro atoms. The number of phenolic OH excluding ortho intramolecular Hbond substituents is 2. The van der Waals surface area contributed by atoms with E-state index in [4.69, 9.17) is 0 Å². The molecule has 1 atom stereocenters. The topological polar surface area (TPSA) is 81.2 Å². The van der Waals surface area contributed by atoms with Crippen LogP contribution in [-0.4, -0.2) is 20.4 Å². The first-order valence-corrected chi connectivity index (χ1v) is 5.79. The van der Waals surface area contributed by atoms with Gasteiger partial charge < -0.3 is 15.5 Å². The summed E-state index contributed by atoms with van der Waals surface area (Å²) in [4.78, 5) is 0. The Balaban J connectivity index is 2.27. The van der Waals surface area contributed by atoms with Crippen LogP contribution in [0, 0.1) is 13.8 Å². The van der Waals surface area contributed by atoms with Crippen LogP contribution in [0.1, 0.15) is 29.9 Å². The molecule has 0 aliphatic carbocycles. The molecule has 0 aliphatic heterocycles. The molecule has 0 fully saturated rings. The van der Waals surface area contributed by atoms with Crippen molar-refractivity contribution in [2.75, 3.05) is 5.32 Å². The number of anilines is 1. The standard InChI is InChI=1S/C13H17N3O2/c1-7(11-6-10(17)4-5-12(11)18)14-13-8(2)15-16-9(13)3/h4-7,14,17-18H,1-3H3,(H,15,16). The fraction of sp³-hybridized carbons (Fsp3) is 0.308. The molecule has 0 aliphatic rings. The van der Waals surface area contributed by atoms with E-state index in [0.717, 1.165) is 17.1 Å². The van der Waals surface area contributed by atoms with Gasteiger partial charge in [-0.1, -0.05) is 0 Å². The van der Waals surface area contributed by atoms with E-state index in [1.54, 1.807) is 6.07 Å². The summed E-state index contributed by atoms with van der Waals surface area (Å²) in [5.41, 5.74) is 3.39. The zero-order chi connectivity index (χ0) is 13.3.